The number of hydrogen-bond donors (Lipinski definition) is 0. The van der Waals surface area contributed by atoms with E-state index >= 15 is 0 Å². The van der Waals surface area contributed by atoms with E-state index in [1.54, 1.807) is 0 Å². The second-order valence-corrected chi connectivity index (χ2v) is 9.72. The number of rotatable bonds is 7. The van der Waals surface area contributed by atoms with Gasteiger partial charge in [0.05, 0.1) is 10.6 Å². The van der Waals surface area contributed by atoms with Crippen LogP contribution in [0, 0.1) is 13.8 Å². The fourth-order valence-electron chi connectivity index (χ4n) is 3.92. The fourth-order valence-corrected chi connectivity index (χ4v) is 6.75. The molecular formula is C24H31O2P. The first-order chi connectivity index (χ1) is 13.0. The van der Waals surface area contributed by atoms with Gasteiger partial charge in [0.25, 0.3) is 0 Å². The molecule has 2 nitrogen and oxygen atoms in total. The summed E-state index contributed by atoms with van der Waals surface area (Å²) in [5, 5.41) is 1.75. The third kappa shape index (κ3) is 3.78. The predicted molar refractivity (Wildman–Crippen MR) is 116 cm³/mol. The molecule has 0 saturated heterocycles. The average Bonchev–Trinajstić information content (AvgIpc) is 2.66. The highest BCUT2D eigenvalue weighted by Crippen LogP contribution is 2.55. The van der Waals surface area contributed by atoms with Crippen molar-refractivity contribution in [2.75, 3.05) is 0 Å². The first-order valence-corrected chi connectivity index (χ1v) is 11.8. The van der Waals surface area contributed by atoms with E-state index in [0.29, 0.717) is 0 Å². The van der Waals surface area contributed by atoms with E-state index in [-0.39, 0.29) is 0 Å². The predicted octanol–water partition coefficient (Wildman–Crippen LogP) is 6.65. The lowest BCUT2D eigenvalue weighted by atomic mass is 9.95. The van der Waals surface area contributed by atoms with Crippen LogP contribution in [0.25, 0.3) is 5.57 Å². The molecule has 3 rings (SSSR count). The quantitative estimate of drug-likeness (QED) is 0.501. The molecule has 0 saturated carbocycles. The zero-order chi connectivity index (χ0) is 19.4. The maximum absolute atomic E-state index is 14.4. The molecule has 0 fully saturated rings. The molecule has 0 N–H and O–H groups in total. The van der Waals surface area contributed by atoms with Gasteiger partial charge < -0.3 is 4.52 Å². The zero-order valence-corrected chi connectivity index (χ0v) is 17.9. The van der Waals surface area contributed by atoms with Gasteiger partial charge in [-0.1, -0.05) is 63.1 Å². The van der Waals surface area contributed by atoms with Crippen LogP contribution in [-0.2, 0) is 9.09 Å². The van der Waals surface area contributed by atoms with Crippen LogP contribution in [0.4, 0.5) is 0 Å². The molecule has 2 aromatic carbocycles. The number of allylic oxidation sites excluding steroid dienone is 2. The molecule has 1 atom stereocenters. The lowest BCUT2D eigenvalue weighted by Crippen LogP contribution is -2.28. The van der Waals surface area contributed by atoms with Crippen LogP contribution in [0.1, 0.15) is 69.1 Å². The van der Waals surface area contributed by atoms with E-state index in [1.807, 2.05) is 31.2 Å². The van der Waals surface area contributed by atoms with Crippen molar-refractivity contribution in [1.82, 2.24) is 0 Å². The zero-order valence-electron chi connectivity index (χ0n) is 17.0. The summed E-state index contributed by atoms with van der Waals surface area (Å²) in [6, 6.07) is 14.2. The van der Waals surface area contributed by atoms with Crippen LogP contribution in [-0.4, -0.2) is 0 Å². The fraction of sp³-hybridized carbons (Fsp3) is 0.417. The van der Waals surface area contributed by atoms with E-state index in [2.05, 4.69) is 39.0 Å². The lowest BCUT2D eigenvalue weighted by Gasteiger charge is -2.33. The molecule has 1 unspecified atom stereocenters. The van der Waals surface area contributed by atoms with Gasteiger partial charge in [-0.15, -0.1) is 0 Å². The summed E-state index contributed by atoms with van der Waals surface area (Å²) in [7, 11) is -3.15. The highest BCUT2D eigenvalue weighted by molar-refractivity contribution is 7.74. The molecule has 27 heavy (non-hydrogen) atoms. The van der Waals surface area contributed by atoms with Crippen molar-refractivity contribution in [2.24, 2.45) is 0 Å². The normalized spacial score (nSPS) is 19.0. The van der Waals surface area contributed by atoms with E-state index in [4.69, 9.17) is 4.52 Å². The van der Waals surface area contributed by atoms with Gasteiger partial charge in [0.1, 0.15) is 5.76 Å². The third-order valence-corrected chi connectivity index (χ3v) is 8.20. The number of fused-ring (bicyclic) bond motifs is 1. The molecule has 0 amide bonds. The Hall–Kier alpha value is -1.79. The minimum absolute atomic E-state index is 0.837. The van der Waals surface area contributed by atoms with E-state index < -0.39 is 7.37 Å². The summed E-state index contributed by atoms with van der Waals surface area (Å²) in [4.78, 5) is 0. The molecular weight excluding hydrogens is 351 g/mol. The molecule has 0 bridgehead atoms. The number of aryl methyl sites for hydroxylation is 2. The molecule has 0 spiro atoms. The maximum Gasteiger partial charge on any atom is 0.307 e. The van der Waals surface area contributed by atoms with Crippen molar-refractivity contribution in [3.8, 4) is 0 Å². The molecule has 144 valence electrons. The second-order valence-electron chi connectivity index (χ2n) is 7.51. The van der Waals surface area contributed by atoms with Gasteiger partial charge in [-0.3, -0.25) is 4.57 Å². The van der Waals surface area contributed by atoms with Crippen LogP contribution >= 0.6 is 7.37 Å². The smallest absolute Gasteiger partial charge is 0.307 e. The molecule has 3 heteroatoms. The first-order valence-electron chi connectivity index (χ1n) is 10.2. The Balaban J connectivity index is 2.24. The molecule has 0 radical (unpaired) electrons. The average molecular weight is 382 g/mol. The molecule has 0 aromatic heterocycles. The van der Waals surface area contributed by atoms with Gasteiger partial charge in [0.2, 0.25) is 0 Å². The minimum Gasteiger partial charge on any atom is -0.441 e. The number of unbranched alkanes of at least 4 members (excludes halogenated alkanes) is 2. The Morgan fingerprint density at radius 2 is 1.52 bits per heavy atom. The molecule has 1 heterocycles. The summed E-state index contributed by atoms with van der Waals surface area (Å²) < 4.78 is 20.9. The summed E-state index contributed by atoms with van der Waals surface area (Å²) in [6.45, 7) is 8.49. The SMILES string of the molecule is CCCCC1=C(CCCC)c2cccc(C)c2P(=O)(c2ccccc2C)O1. The third-order valence-electron chi connectivity index (χ3n) is 5.40. The Morgan fingerprint density at radius 1 is 0.852 bits per heavy atom. The molecule has 1 aliphatic rings. The lowest BCUT2D eigenvalue weighted by molar-refractivity contribution is 0.396. The van der Waals surface area contributed by atoms with Gasteiger partial charge in [-0.25, -0.2) is 0 Å². The Labute approximate surface area is 164 Å². The maximum atomic E-state index is 14.4. The molecule has 0 aliphatic carbocycles. The largest absolute Gasteiger partial charge is 0.441 e. The van der Waals surface area contributed by atoms with Gasteiger partial charge in [-0.05, 0) is 61.4 Å². The second kappa shape index (κ2) is 8.48. The minimum atomic E-state index is -3.15. The van der Waals surface area contributed by atoms with Crippen LogP contribution in [0.5, 0.6) is 0 Å². The molecule has 1 aliphatic heterocycles. The van der Waals surface area contributed by atoms with Crippen LogP contribution in [0.15, 0.2) is 48.2 Å². The van der Waals surface area contributed by atoms with E-state index in [1.165, 1.54) is 5.57 Å². The van der Waals surface area contributed by atoms with Crippen LogP contribution < -0.4 is 10.6 Å². The highest BCUT2D eigenvalue weighted by atomic mass is 31.2. The summed E-state index contributed by atoms with van der Waals surface area (Å²) in [5.41, 5.74) is 4.50. The van der Waals surface area contributed by atoms with Gasteiger partial charge in [0.15, 0.2) is 0 Å². The van der Waals surface area contributed by atoms with Crippen LogP contribution in [0.2, 0.25) is 0 Å². The summed E-state index contributed by atoms with van der Waals surface area (Å²) >= 11 is 0. The standard InChI is InChI=1S/C24H31O2P/c1-5-7-14-20-21-15-11-13-19(4)24(21)27(25,26-22(20)16-8-6-2)23-17-10-9-12-18(23)3/h9-13,15,17H,5-8,14,16H2,1-4H3. The number of benzene rings is 2. The van der Waals surface area contributed by atoms with Crippen molar-refractivity contribution in [3.05, 3.63) is 64.9 Å². The van der Waals surface area contributed by atoms with Crippen molar-refractivity contribution < 1.29 is 9.09 Å². The number of hydrogen-bond acceptors (Lipinski definition) is 2. The Kier molecular flexibility index (Phi) is 6.27. The van der Waals surface area contributed by atoms with Crippen LogP contribution in [0.3, 0.4) is 0 Å². The highest BCUT2D eigenvalue weighted by Gasteiger charge is 2.40. The topological polar surface area (TPSA) is 26.3 Å². The monoisotopic (exact) mass is 382 g/mol. The van der Waals surface area contributed by atoms with Gasteiger partial charge >= 0.3 is 7.37 Å². The van der Waals surface area contributed by atoms with E-state index in [9.17, 15) is 4.57 Å². The molecule has 2 aromatic rings. The Morgan fingerprint density at radius 3 is 2.22 bits per heavy atom. The summed E-state index contributed by atoms with van der Waals surface area (Å²) in [6.07, 6.45) is 6.26. The van der Waals surface area contributed by atoms with Crippen molar-refractivity contribution in [1.29, 1.82) is 0 Å². The first kappa shape index (κ1) is 20.0. The summed E-state index contributed by atoms with van der Waals surface area (Å²) in [5.74, 6) is 0.954. The van der Waals surface area contributed by atoms with Crippen molar-refractivity contribution in [3.63, 3.8) is 0 Å². The van der Waals surface area contributed by atoms with Crippen molar-refractivity contribution in [2.45, 2.75) is 66.2 Å². The van der Waals surface area contributed by atoms with Gasteiger partial charge in [0, 0.05) is 6.42 Å². The van der Waals surface area contributed by atoms with Gasteiger partial charge in [-0.2, -0.15) is 0 Å². The van der Waals surface area contributed by atoms with Crippen molar-refractivity contribution >= 4 is 23.6 Å². The Bertz CT molecular complexity index is 895. The van der Waals surface area contributed by atoms with E-state index in [0.717, 1.165) is 71.6 Å².